The summed E-state index contributed by atoms with van der Waals surface area (Å²) in [6.07, 6.45) is 2.70. The highest BCUT2D eigenvalue weighted by Gasteiger charge is 2.26. The van der Waals surface area contributed by atoms with Gasteiger partial charge in [-0.15, -0.1) is 0 Å². The van der Waals surface area contributed by atoms with Crippen LogP contribution in [0.3, 0.4) is 0 Å². The first-order valence-electron chi connectivity index (χ1n) is 6.85. The maximum atomic E-state index is 12.4. The summed E-state index contributed by atoms with van der Waals surface area (Å²) in [5.74, 6) is 0.434. The fraction of sp³-hybridized carbons (Fsp3) is 0.692. The average Bonchev–Trinajstić information content (AvgIpc) is 2.77. The summed E-state index contributed by atoms with van der Waals surface area (Å²) in [5.41, 5.74) is 6.36. The lowest BCUT2D eigenvalue weighted by Gasteiger charge is -2.37. The number of aromatic nitrogens is 2. The van der Waals surface area contributed by atoms with Gasteiger partial charge in [0.2, 0.25) is 0 Å². The maximum Gasteiger partial charge on any atom is 0.259 e. The van der Waals surface area contributed by atoms with Crippen LogP contribution in [0.15, 0.2) is 6.20 Å². The van der Waals surface area contributed by atoms with E-state index in [1.54, 1.807) is 13.2 Å². The van der Waals surface area contributed by atoms with E-state index >= 15 is 0 Å². The summed E-state index contributed by atoms with van der Waals surface area (Å²) < 4.78 is 1.53. The van der Waals surface area contributed by atoms with Crippen molar-refractivity contribution in [1.29, 1.82) is 0 Å². The molecule has 1 fully saturated rings. The molecule has 1 amide bonds. The molecule has 2 rings (SSSR count). The molecule has 6 nitrogen and oxygen atoms in total. The third-order valence-corrected chi connectivity index (χ3v) is 4.03. The molecule has 1 aromatic heterocycles. The van der Waals surface area contributed by atoms with Gasteiger partial charge in [-0.05, 0) is 13.3 Å². The van der Waals surface area contributed by atoms with Crippen molar-refractivity contribution in [3.8, 4) is 0 Å². The fourth-order valence-electron chi connectivity index (χ4n) is 2.41. The van der Waals surface area contributed by atoms with Gasteiger partial charge in [-0.1, -0.05) is 6.92 Å². The number of aryl methyl sites for hydroxylation is 1. The van der Waals surface area contributed by atoms with Gasteiger partial charge in [0.25, 0.3) is 5.91 Å². The second kappa shape index (κ2) is 5.61. The molecule has 1 aromatic rings. The van der Waals surface area contributed by atoms with E-state index in [1.807, 2.05) is 4.90 Å². The molecule has 19 heavy (non-hydrogen) atoms. The third-order valence-electron chi connectivity index (χ3n) is 4.03. The Morgan fingerprint density at radius 3 is 2.53 bits per heavy atom. The minimum atomic E-state index is -0.00518. The molecule has 106 valence electrons. The summed E-state index contributed by atoms with van der Waals surface area (Å²) in [6.45, 7) is 7.81. The van der Waals surface area contributed by atoms with Crippen LogP contribution < -0.4 is 5.73 Å². The first kappa shape index (κ1) is 13.9. The predicted molar refractivity (Wildman–Crippen MR) is 74.8 cm³/mol. The second-order valence-corrected chi connectivity index (χ2v) is 5.15. The summed E-state index contributed by atoms with van der Waals surface area (Å²) in [7, 11) is 1.74. The number of carbonyl (C=O) groups is 1. The van der Waals surface area contributed by atoms with E-state index < -0.39 is 0 Å². The number of hydrogen-bond donors (Lipinski definition) is 1. The van der Waals surface area contributed by atoms with Gasteiger partial charge in [-0.3, -0.25) is 14.4 Å². The topological polar surface area (TPSA) is 67.4 Å². The van der Waals surface area contributed by atoms with Crippen LogP contribution in [0, 0.1) is 0 Å². The number of hydrogen-bond acceptors (Lipinski definition) is 4. The molecular formula is C13H23N5O. The monoisotopic (exact) mass is 265 g/mol. The molecule has 0 saturated carbocycles. The number of anilines is 1. The standard InChI is InChI=1S/C13H23N5O/c1-4-10(2)17-5-7-18(8-6-17)13(19)11-9-15-16(3)12(11)14/h9-10H,4-8,14H2,1-3H3. The number of nitrogens with zero attached hydrogens (tertiary/aromatic N) is 4. The molecule has 1 saturated heterocycles. The van der Waals surface area contributed by atoms with Crippen LogP contribution in [-0.2, 0) is 7.05 Å². The van der Waals surface area contributed by atoms with E-state index in [9.17, 15) is 4.79 Å². The van der Waals surface area contributed by atoms with E-state index in [-0.39, 0.29) is 5.91 Å². The Morgan fingerprint density at radius 2 is 2.05 bits per heavy atom. The summed E-state index contributed by atoms with van der Waals surface area (Å²) in [6, 6.07) is 0.584. The number of amides is 1. The maximum absolute atomic E-state index is 12.4. The van der Waals surface area contributed by atoms with Crippen molar-refractivity contribution >= 4 is 11.7 Å². The smallest absolute Gasteiger partial charge is 0.259 e. The van der Waals surface area contributed by atoms with E-state index in [4.69, 9.17) is 5.73 Å². The van der Waals surface area contributed by atoms with Crippen LogP contribution in [0.2, 0.25) is 0 Å². The van der Waals surface area contributed by atoms with Crippen LogP contribution in [0.25, 0.3) is 0 Å². The van der Waals surface area contributed by atoms with Crippen molar-refractivity contribution in [1.82, 2.24) is 19.6 Å². The zero-order valence-electron chi connectivity index (χ0n) is 12.0. The molecule has 0 spiro atoms. The largest absolute Gasteiger partial charge is 0.383 e. The number of nitrogen functional groups attached to an aromatic ring is 1. The number of piperazine rings is 1. The minimum absolute atomic E-state index is 0.00518. The molecule has 2 N–H and O–H groups in total. The average molecular weight is 265 g/mol. The van der Waals surface area contributed by atoms with Crippen molar-refractivity contribution in [2.75, 3.05) is 31.9 Å². The highest BCUT2D eigenvalue weighted by molar-refractivity contribution is 5.98. The van der Waals surface area contributed by atoms with Crippen molar-refractivity contribution in [2.45, 2.75) is 26.3 Å². The molecule has 1 atom stereocenters. The van der Waals surface area contributed by atoms with Gasteiger partial charge < -0.3 is 10.6 Å². The lowest BCUT2D eigenvalue weighted by atomic mass is 10.1. The molecule has 2 heterocycles. The molecule has 0 aliphatic carbocycles. The van der Waals surface area contributed by atoms with Crippen LogP contribution in [0.5, 0.6) is 0 Å². The molecule has 1 unspecified atom stereocenters. The Balaban J connectivity index is 1.98. The summed E-state index contributed by atoms with van der Waals surface area (Å²) in [5, 5.41) is 4.02. The Morgan fingerprint density at radius 1 is 1.42 bits per heavy atom. The minimum Gasteiger partial charge on any atom is -0.383 e. The van der Waals surface area contributed by atoms with Crippen LogP contribution >= 0.6 is 0 Å². The van der Waals surface area contributed by atoms with Gasteiger partial charge in [0.15, 0.2) is 0 Å². The van der Waals surface area contributed by atoms with Gasteiger partial charge in [0, 0.05) is 39.3 Å². The number of nitrogens with two attached hydrogens (primary N) is 1. The lowest BCUT2D eigenvalue weighted by Crippen LogP contribution is -2.51. The van der Waals surface area contributed by atoms with Gasteiger partial charge in [-0.2, -0.15) is 5.10 Å². The van der Waals surface area contributed by atoms with E-state index in [1.165, 1.54) is 4.68 Å². The van der Waals surface area contributed by atoms with Crippen molar-refractivity contribution in [3.63, 3.8) is 0 Å². The fourth-order valence-corrected chi connectivity index (χ4v) is 2.41. The van der Waals surface area contributed by atoms with Crippen molar-refractivity contribution in [2.24, 2.45) is 7.05 Å². The molecular weight excluding hydrogens is 242 g/mol. The van der Waals surface area contributed by atoms with Crippen LogP contribution in [-0.4, -0.2) is 57.7 Å². The normalized spacial score (nSPS) is 18.6. The van der Waals surface area contributed by atoms with Crippen molar-refractivity contribution < 1.29 is 4.79 Å². The molecule has 0 radical (unpaired) electrons. The Bertz CT molecular complexity index is 448. The molecule has 1 aliphatic rings. The van der Waals surface area contributed by atoms with Gasteiger partial charge in [-0.25, -0.2) is 0 Å². The van der Waals surface area contributed by atoms with Gasteiger partial charge >= 0.3 is 0 Å². The van der Waals surface area contributed by atoms with E-state index in [0.717, 1.165) is 32.6 Å². The highest BCUT2D eigenvalue weighted by Crippen LogP contribution is 2.15. The predicted octanol–water partition coefficient (Wildman–Crippen LogP) is 0.559. The van der Waals surface area contributed by atoms with Crippen molar-refractivity contribution in [3.05, 3.63) is 11.8 Å². The van der Waals surface area contributed by atoms with Gasteiger partial charge in [0.05, 0.1) is 6.20 Å². The zero-order valence-corrected chi connectivity index (χ0v) is 12.0. The third kappa shape index (κ3) is 2.73. The SMILES string of the molecule is CCC(C)N1CCN(C(=O)c2cnn(C)c2N)CC1. The first-order chi connectivity index (χ1) is 9.04. The Labute approximate surface area is 114 Å². The molecule has 6 heteroatoms. The Kier molecular flexibility index (Phi) is 4.09. The molecule has 0 aromatic carbocycles. The quantitative estimate of drug-likeness (QED) is 0.867. The number of rotatable bonds is 3. The first-order valence-corrected chi connectivity index (χ1v) is 6.85. The van der Waals surface area contributed by atoms with E-state index in [0.29, 0.717) is 17.4 Å². The summed E-state index contributed by atoms with van der Waals surface area (Å²) >= 11 is 0. The molecule has 0 bridgehead atoms. The molecule has 1 aliphatic heterocycles. The highest BCUT2D eigenvalue weighted by atomic mass is 16.2. The van der Waals surface area contributed by atoms with Crippen LogP contribution in [0.1, 0.15) is 30.6 Å². The zero-order chi connectivity index (χ0) is 14.0. The summed E-state index contributed by atoms with van der Waals surface area (Å²) in [4.78, 5) is 16.6. The van der Waals surface area contributed by atoms with E-state index in [2.05, 4.69) is 23.8 Å². The van der Waals surface area contributed by atoms with Crippen LogP contribution in [0.4, 0.5) is 5.82 Å². The number of carbonyl (C=O) groups excluding carboxylic acids is 1. The second-order valence-electron chi connectivity index (χ2n) is 5.15. The Hall–Kier alpha value is -1.56. The van der Waals surface area contributed by atoms with Gasteiger partial charge in [0.1, 0.15) is 11.4 Å². The lowest BCUT2D eigenvalue weighted by molar-refractivity contribution is 0.0580.